The predicted molar refractivity (Wildman–Crippen MR) is 71.0 cm³/mol. The predicted octanol–water partition coefficient (Wildman–Crippen LogP) is 2.17. The van der Waals surface area contributed by atoms with E-state index in [0.717, 1.165) is 24.3 Å². The standard InChI is InChI=1S/C14H21NO3/c1-3-8-15(11-14(16)17)9-10-18-13-7-5-4-6-12(13)2/h4-7H,3,8-11H2,1-2H3,(H,16,17). The molecule has 0 unspecified atom stereocenters. The Labute approximate surface area is 108 Å². The average molecular weight is 251 g/mol. The van der Waals surface area contributed by atoms with Crippen molar-refractivity contribution in [3.63, 3.8) is 0 Å². The highest BCUT2D eigenvalue weighted by molar-refractivity contribution is 5.69. The maximum atomic E-state index is 10.7. The molecule has 0 aliphatic heterocycles. The zero-order valence-electron chi connectivity index (χ0n) is 11.1. The van der Waals surface area contributed by atoms with Gasteiger partial charge in [0.1, 0.15) is 12.4 Å². The second-order valence-corrected chi connectivity index (χ2v) is 4.28. The fourth-order valence-corrected chi connectivity index (χ4v) is 1.78. The van der Waals surface area contributed by atoms with E-state index >= 15 is 0 Å². The first kappa shape index (κ1) is 14.5. The molecular weight excluding hydrogens is 230 g/mol. The van der Waals surface area contributed by atoms with Crippen LogP contribution in [0.3, 0.4) is 0 Å². The molecular formula is C14H21NO3. The summed E-state index contributed by atoms with van der Waals surface area (Å²) in [6.45, 7) is 6.04. The number of benzene rings is 1. The molecule has 1 N–H and O–H groups in total. The summed E-state index contributed by atoms with van der Waals surface area (Å²) < 4.78 is 5.66. The number of nitrogens with zero attached hydrogens (tertiary/aromatic N) is 1. The molecule has 1 aromatic rings. The Bertz CT molecular complexity index is 379. The van der Waals surface area contributed by atoms with E-state index in [-0.39, 0.29) is 6.54 Å². The minimum absolute atomic E-state index is 0.0744. The zero-order chi connectivity index (χ0) is 13.4. The number of aliphatic carboxylic acids is 1. The quantitative estimate of drug-likeness (QED) is 0.769. The van der Waals surface area contributed by atoms with Gasteiger partial charge < -0.3 is 9.84 Å². The summed E-state index contributed by atoms with van der Waals surface area (Å²) in [5.41, 5.74) is 1.10. The van der Waals surface area contributed by atoms with E-state index < -0.39 is 5.97 Å². The number of aryl methyl sites for hydroxylation is 1. The summed E-state index contributed by atoms with van der Waals surface area (Å²) in [6, 6.07) is 7.83. The van der Waals surface area contributed by atoms with E-state index in [0.29, 0.717) is 13.2 Å². The van der Waals surface area contributed by atoms with Gasteiger partial charge in [-0.15, -0.1) is 0 Å². The van der Waals surface area contributed by atoms with Crippen LogP contribution < -0.4 is 4.74 Å². The van der Waals surface area contributed by atoms with Crippen LogP contribution in [0.4, 0.5) is 0 Å². The van der Waals surface area contributed by atoms with Crippen LogP contribution in [0.25, 0.3) is 0 Å². The van der Waals surface area contributed by atoms with Crippen LogP contribution in [0.5, 0.6) is 5.75 Å². The molecule has 100 valence electrons. The van der Waals surface area contributed by atoms with E-state index in [1.165, 1.54) is 0 Å². The summed E-state index contributed by atoms with van der Waals surface area (Å²) in [5.74, 6) is 0.0728. The molecule has 18 heavy (non-hydrogen) atoms. The Kier molecular flexibility index (Phi) is 6.22. The van der Waals surface area contributed by atoms with Crippen molar-refractivity contribution in [2.24, 2.45) is 0 Å². The lowest BCUT2D eigenvalue weighted by Gasteiger charge is -2.19. The van der Waals surface area contributed by atoms with Gasteiger partial charge in [-0.3, -0.25) is 9.69 Å². The van der Waals surface area contributed by atoms with Gasteiger partial charge >= 0.3 is 5.97 Å². The van der Waals surface area contributed by atoms with Crippen molar-refractivity contribution in [3.8, 4) is 5.75 Å². The lowest BCUT2D eigenvalue weighted by Crippen LogP contribution is -2.34. The average Bonchev–Trinajstić information content (AvgIpc) is 2.31. The smallest absolute Gasteiger partial charge is 0.317 e. The van der Waals surface area contributed by atoms with Crippen molar-refractivity contribution in [1.29, 1.82) is 0 Å². The van der Waals surface area contributed by atoms with Gasteiger partial charge in [0, 0.05) is 6.54 Å². The second-order valence-electron chi connectivity index (χ2n) is 4.28. The SMILES string of the molecule is CCCN(CCOc1ccccc1C)CC(=O)O. The van der Waals surface area contributed by atoms with Crippen molar-refractivity contribution >= 4 is 5.97 Å². The Hall–Kier alpha value is -1.55. The third kappa shape index (κ3) is 5.19. The number of carboxylic acid groups (broad SMARTS) is 1. The number of ether oxygens (including phenoxy) is 1. The molecule has 4 nitrogen and oxygen atoms in total. The monoisotopic (exact) mass is 251 g/mol. The van der Waals surface area contributed by atoms with Crippen LogP contribution in [-0.2, 0) is 4.79 Å². The molecule has 0 bridgehead atoms. The maximum Gasteiger partial charge on any atom is 0.317 e. The third-order valence-corrected chi connectivity index (χ3v) is 2.66. The Balaban J connectivity index is 2.38. The Morgan fingerprint density at radius 3 is 2.67 bits per heavy atom. The van der Waals surface area contributed by atoms with Gasteiger partial charge in [0.25, 0.3) is 0 Å². The van der Waals surface area contributed by atoms with E-state index in [1.54, 1.807) is 0 Å². The van der Waals surface area contributed by atoms with E-state index in [9.17, 15) is 4.79 Å². The van der Waals surface area contributed by atoms with E-state index in [4.69, 9.17) is 9.84 Å². The molecule has 0 atom stereocenters. The molecule has 4 heteroatoms. The minimum Gasteiger partial charge on any atom is -0.492 e. The van der Waals surface area contributed by atoms with Gasteiger partial charge in [-0.1, -0.05) is 25.1 Å². The summed E-state index contributed by atoms with van der Waals surface area (Å²) in [5, 5.41) is 8.79. The molecule has 0 saturated heterocycles. The van der Waals surface area contributed by atoms with Crippen LogP contribution in [0.15, 0.2) is 24.3 Å². The molecule has 0 amide bonds. The fourth-order valence-electron chi connectivity index (χ4n) is 1.78. The van der Waals surface area contributed by atoms with Crippen LogP contribution in [0, 0.1) is 6.92 Å². The molecule has 0 aromatic heterocycles. The van der Waals surface area contributed by atoms with E-state index in [1.807, 2.05) is 43.0 Å². The zero-order valence-corrected chi connectivity index (χ0v) is 11.1. The first-order valence-corrected chi connectivity index (χ1v) is 6.26. The highest BCUT2D eigenvalue weighted by Gasteiger charge is 2.08. The third-order valence-electron chi connectivity index (χ3n) is 2.66. The molecule has 0 saturated carbocycles. The van der Waals surface area contributed by atoms with Crippen molar-refractivity contribution < 1.29 is 14.6 Å². The fraction of sp³-hybridized carbons (Fsp3) is 0.500. The molecule has 1 aromatic carbocycles. The lowest BCUT2D eigenvalue weighted by atomic mass is 10.2. The highest BCUT2D eigenvalue weighted by Crippen LogP contribution is 2.15. The molecule has 0 fully saturated rings. The Morgan fingerprint density at radius 1 is 1.33 bits per heavy atom. The number of hydrogen-bond donors (Lipinski definition) is 1. The number of hydrogen-bond acceptors (Lipinski definition) is 3. The number of rotatable bonds is 8. The maximum absolute atomic E-state index is 10.7. The first-order valence-electron chi connectivity index (χ1n) is 6.26. The number of para-hydroxylation sites is 1. The molecule has 0 aliphatic rings. The first-order chi connectivity index (χ1) is 8.63. The van der Waals surface area contributed by atoms with Crippen LogP contribution in [-0.4, -0.2) is 42.2 Å². The van der Waals surface area contributed by atoms with Gasteiger partial charge in [0.05, 0.1) is 6.54 Å². The molecule has 0 radical (unpaired) electrons. The van der Waals surface area contributed by atoms with Gasteiger partial charge in [0.15, 0.2) is 0 Å². The molecule has 0 spiro atoms. The van der Waals surface area contributed by atoms with Gasteiger partial charge in [-0.25, -0.2) is 0 Å². The molecule has 1 rings (SSSR count). The van der Waals surface area contributed by atoms with Crippen LogP contribution >= 0.6 is 0 Å². The van der Waals surface area contributed by atoms with Crippen LogP contribution in [0.2, 0.25) is 0 Å². The van der Waals surface area contributed by atoms with Crippen molar-refractivity contribution in [1.82, 2.24) is 4.90 Å². The summed E-state index contributed by atoms with van der Waals surface area (Å²) in [6.07, 6.45) is 0.942. The summed E-state index contributed by atoms with van der Waals surface area (Å²) >= 11 is 0. The Morgan fingerprint density at radius 2 is 2.06 bits per heavy atom. The number of carboxylic acids is 1. The highest BCUT2D eigenvalue weighted by atomic mass is 16.5. The van der Waals surface area contributed by atoms with Crippen molar-refractivity contribution in [2.75, 3.05) is 26.2 Å². The van der Waals surface area contributed by atoms with Crippen molar-refractivity contribution in [3.05, 3.63) is 29.8 Å². The van der Waals surface area contributed by atoms with E-state index in [2.05, 4.69) is 0 Å². The van der Waals surface area contributed by atoms with Gasteiger partial charge in [-0.2, -0.15) is 0 Å². The van der Waals surface area contributed by atoms with Gasteiger partial charge in [-0.05, 0) is 31.5 Å². The van der Waals surface area contributed by atoms with Crippen molar-refractivity contribution in [2.45, 2.75) is 20.3 Å². The molecule has 0 heterocycles. The number of carbonyl (C=O) groups is 1. The second kappa shape index (κ2) is 7.71. The minimum atomic E-state index is -0.792. The lowest BCUT2D eigenvalue weighted by molar-refractivity contribution is -0.138. The van der Waals surface area contributed by atoms with Crippen LogP contribution in [0.1, 0.15) is 18.9 Å². The largest absolute Gasteiger partial charge is 0.492 e. The summed E-state index contributed by atoms with van der Waals surface area (Å²) in [4.78, 5) is 12.6. The normalized spacial score (nSPS) is 10.6. The topological polar surface area (TPSA) is 49.8 Å². The molecule has 0 aliphatic carbocycles. The summed E-state index contributed by atoms with van der Waals surface area (Å²) in [7, 11) is 0. The van der Waals surface area contributed by atoms with Gasteiger partial charge in [0.2, 0.25) is 0 Å².